The maximum atomic E-state index is 12.0. The van der Waals surface area contributed by atoms with Crippen LogP contribution in [0, 0.1) is 11.8 Å². The SMILES string of the molecule is CC(C)Cc1ccc(C(CC2(O)CCCCC2CN(C)C)C(=O)O)cc1. The normalized spacial score (nSPS) is 24.8. The molecule has 4 nitrogen and oxygen atoms in total. The molecular formula is C22H35NO3. The van der Waals surface area contributed by atoms with E-state index in [1.807, 2.05) is 38.4 Å². The minimum Gasteiger partial charge on any atom is -0.481 e. The zero-order valence-corrected chi connectivity index (χ0v) is 16.7. The Balaban J connectivity index is 2.19. The van der Waals surface area contributed by atoms with Crippen molar-refractivity contribution in [2.24, 2.45) is 11.8 Å². The number of aliphatic hydroxyl groups is 1. The van der Waals surface area contributed by atoms with Crippen molar-refractivity contribution in [3.05, 3.63) is 35.4 Å². The summed E-state index contributed by atoms with van der Waals surface area (Å²) in [4.78, 5) is 14.1. The Morgan fingerprint density at radius 1 is 1.23 bits per heavy atom. The van der Waals surface area contributed by atoms with Crippen LogP contribution in [-0.2, 0) is 11.2 Å². The van der Waals surface area contributed by atoms with Gasteiger partial charge < -0.3 is 15.1 Å². The van der Waals surface area contributed by atoms with Crippen molar-refractivity contribution < 1.29 is 15.0 Å². The summed E-state index contributed by atoms with van der Waals surface area (Å²) in [6, 6.07) is 7.94. The quantitative estimate of drug-likeness (QED) is 0.736. The maximum Gasteiger partial charge on any atom is 0.311 e. The fraction of sp³-hybridized carbons (Fsp3) is 0.682. The van der Waals surface area contributed by atoms with Gasteiger partial charge in [0.2, 0.25) is 0 Å². The molecule has 0 bridgehead atoms. The first-order valence-electron chi connectivity index (χ1n) is 9.90. The van der Waals surface area contributed by atoms with Crippen molar-refractivity contribution in [3.8, 4) is 0 Å². The number of hydrogen-bond acceptors (Lipinski definition) is 3. The number of aliphatic carboxylic acids is 1. The molecule has 0 spiro atoms. The number of carbonyl (C=O) groups is 1. The monoisotopic (exact) mass is 361 g/mol. The van der Waals surface area contributed by atoms with Gasteiger partial charge in [0.15, 0.2) is 0 Å². The number of carboxylic acids is 1. The van der Waals surface area contributed by atoms with E-state index in [1.165, 1.54) is 5.56 Å². The Morgan fingerprint density at radius 3 is 2.42 bits per heavy atom. The molecule has 0 radical (unpaired) electrons. The van der Waals surface area contributed by atoms with E-state index in [0.29, 0.717) is 18.8 Å². The van der Waals surface area contributed by atoms with Crippen molar-refractivity contribution in [2.45, 2.75) is 63.9 Å². The molecule has 2 N–H and O–H groups in total. The summed E-state index contributed by atoms with van der Waals surface area (Å²) in [6.07, 6.45) is 5.04. The lowest BCUT2D eigenvalue weighted by Gasteiger charge is -2.42. The molecule has 1 aromatic carbocycles. The number of hydrogen-bond donors (Lipinski definition) is 2. The second-order valence-corrected chi connectivity index (χ2v) is 8.74. The highest BCUT2D eigenvalue weighted by Crippen LogP contribution is 2.41. The lowest BCUT2D eigenvalue weighted by Crippen LogP contribution is -2.47. The van der Waals surface area contributed by atoms with Crippen molar-refractivity contribution in [3.63, 3.8) is 0 Å². The minimum atomic E-state index is -0.901. The van der Waals surface area contributed by atoms with Gasteiger partial charge in [0.1, 0.15) is 0 Å². The van der Waals surface area contributed by atoms with Gasteiger partial charge in [-0.3, -0.25) is 4.79 Å². The second kappa shape index (κ2) is 9.01. The number of nitrogens with zero attached hydrogens (tertiary/aromatic N) is 1. The van der Waals surface area contributed by atoms with E-state index in [0.717, 1.165) is 37.8 Å². The predicted octanol–water partition coefficient (Wildman–Crippen LogP) is 3.93. The van der Waals surface area contributed by atoms with Crippen LogP contribution in [0.1, 0.15) is 63.0 Å². The molecule has 3 atom stereocenters. The van der Waals surface area contributed by atoms with Crippen molar-refractivity contribution in [1.29, 1.82) is 0 Å². The summed E-state index contributed by atoms with van der Waals surface area (Å²) in [7, 11) is 4.02. The lowest BCUT2D eigenvalue weighted by molar-refractivity contribution is -0.142. The predicted molar refractivity (Wildman–Crippen MR) is 105 cm³/mol. The molecule has 0 aromatic heterocycles. The molecule has 0 heterocycles. The number of rotatable bonds is 8. The Labute approximate surface area is 158 Å². The third-order valence-electron chi connectivity index (χ3n) is 5.64. The lowest BCUT2D eigenvalue weighted by atomic mass is 9.70. The fourth-order valence-corrected chi connectivity index (χ4v) is 4.32. The molecule has 0 saturated heterocycles. The van der Waals surface area contributed by atoms with Crippen molar-refractivity contribution >= 4 is 5.97 Å². The van der Waals surface area contributed by atoms with Crippen molar-refractivity contribution in [2.75, 3.05) is 20.6 Å². The van der Waals surface area contributed by atoms with Gasteiger partial charge >= 0.3 is 5.97 Å². The van der Waals surface area contributed by atoms with E-state index < -0.39 is 17.5 Å². The minimum absolute atomic E-state index is 0.133. The van der Waals surface area contributed by atoms with Gasteiger partial charge in [0.25, 0.3) is 0 Å². The zero-order chi connectivity index (χ0) is 19.3. The molecule has 3 unspecified atom stereocenters. The first-order valence-corrected chi connectivity index (χ1v) is 9.90. The van der Waals surface area contributed by atoms with Crippen molar-refractivity contribution in [1.82, 2.24) is 4.90 Å². The average Bonchev–Trinajstić information content (AvgIpc) is 2.55. The van der Waals surface area contributed by atoms with Crippen LogP contribution in [-0.4, -0.2) is 47.3 Å². The van der Waals surface area contributed by atoms with Gasteiger partial charge in [-0.25, -0.2) is 0 Å². The van der Waals surface area contributed by atoms with E-state index in [4.69, 9.17) is 0 Å². The third kappa shape index (κ3) is 5.55. The van der Waals surface area contributed by atoms with Crippen LogP contribution in [0.3, 0.4) is 0 Å². The highest BCUT2D eigenvalue weighted by molar-refractivity contribution is 5.76. The molecule has 2 rings (SSSR count). The van der Waals surface area contributed by atoms with Gasteiger partial charge in [-0.2, -0.15) is 0 Å². The van der Waals surface area contributed by atoms with E-state index in [2.05, 4.69) is 18.7 Å². The summed E-state index contributed by atoms with van der Waals surface area (Å²) in [5.74, 6) is -0.792. The zero-order valence-electron chi connectivity index (χ0n) is 16.7. The van der Waals surface area contributed by atoms with Crippen LogP contribution >= 0.6 is 0 Å². The number of benzene rings is 1. The van der Waals surface area contributed by atoms with Gasteiger partial charge in [0, 0.05) is 12.5 Å². The third-order valence-corrected chi connectivity index (χ3v) is 5.64. The molecule has 1 aromatic rings. The Morgan fingerprint density at radius 2 is 1.88 bits per heavy atom. The first kappa shape index (κ1) is 20.9. The summed E-state index contributed by atoms with van der Waals surface area (Å²) in [6.45, 7) is 5.16. The molecular weight excluding hydrogens is 326 g/mol. The highest BCUT2D eigenvalue weighted by Gasteiger charge is 2.42. The van der Waals surface area contributed by atoms with Gasteiger partial charge in [-0.05, 0) is 56.8 Å². The van der Waals surface area contributed by atoms with Crippen LogP contribution in [0.4, 0.5) is 0 Å². The Bertz CT molecular complexity index is 582. The van der Waals surface area contributed by atoms with E-state index >= 15 is 0 Å². The van der Waals surface area contributed by atoms with Crippen LogP contribution < -0.4 is 0 Å². The summed E-state index contributed by atoms with van der Waals surface area (Å²) < 4.78 is 0. The van der Waals surface area contributed by atoms with Gasteiger partial charge in [-0.15, -0.1) is 0 Å². The highest BCUT2D eigenvalue weighted by atomic mass is 16.4. The molecule has 1 aliphatic rings. The maximum absolute atomic E-state index is 12.0. The second-order valence-electron chi connectivity index (χ2n) is 8.74. The van der Waals surface area contributed by atoms with Crippen LogP contribution in [0.2, 0.25) is 0 Å². The summed E-state index contributed by atoms with van der Waals surface area (Å²) in [5, 5.41) is 21.2. The topological polar surface area (TPSA) is 60.8 Å². The Kier molecular flexibility index (Phi) is 7.24. The van der Waals surface area contributed by atoms with E-state index in [9.17, 15) is 15.0 Å². The van der Waals surface area contributed by atoms with Crippen LogP contribution in [0.15, 0.2) is 24.3 Å². The van der Waals surface area contributed by atoms with Gasteiger partial charge in [-0.1, -0.05) is 51.0 Å². The number of carboxylic acid groups (broad SMARTS) is 1. The molecule has 0 amide bonds. The first-order chi connectivity index (χ1) is 12.2. The molecule has 1 fully saturated rings. The van der Waals surface area contributed by atoms with E-state index in [1.54, 1.807) is 0 Å². The van der Waals surface area contributed by atoms with Crippen LogP contribution in [0.5, 0.6) is 0 Å². The molecule has 0 aliphatic heterocycles. The molecule has 26 heavy (non-hydrogen) atoms. The molecule has 1 saturated carbocycles. The summed E-state index contributed by atoms with van der Waals surface area (Å²) >= 11 is 0. The van der Waals surface area contributed by atoms with Crippen LogP contribution in [0.25, 0.3) is 0 Å². The van der Waals surface area contributed by atoms with E-state index in [-0.39, 0.29) is 5.92 Å². The Hall–Kier alpha value is -1.39. The smallest absolute Gasteiger partial charge is 0.311 e. The largest absolute Gasteiger partial charge is 0.481 e. The molecule has 4 heteroatoms. The standard InChI is InChI=1S/C22H35NO3/c1-16(2)13-17-8-10-18(11-9-17)20(21(24)25)14-22(26)12-6-5-7-19(22)15-23(3)4/h8-11,16,19-20,26H,5-7,12-15H2,1-4H3,(H,24,25). The molecule has 1 aliphatic carbocycles. The van der Waals surface area contributed by atoms with Gasteiger partial charge in [0.05, 0.1) is 11.5 Å². The molecule has 146 valence electrons. The summed E-state index contributed by atoms with van der Waals surface area (Å²) in [5.41, 5.74) is 1.13. The fourth-order valence-electron chi connectivity index (χ4n) is 4.32. The average molecular weight is 362 g/mol.